The van der Waals surface area contributed by atoms with E-state index in [0.717, 1.165) is 6.42 Å². The predicted octanol–water partition coefficient (Wildman–Crippen LogP) is 4.66. The Kier molecular flexibility index (Phi) is 6.92. The van der Waals surface area contributed by atoms with Gasteiger partial charge in [-0.3, -0.25) is 0 Å². The summed E-state index contributed by atoms with van der Waals surface area (Å²) in [7, 11) is 0. The van der Waals surface area contributed by atoms with Crippen molar-refractivity contribution in [2.45, 2.75) is 45.4 Å². The summed E-state index contributed by atoms with van der Waals surface area (Å²) in [6.45, 7) is 2.78. The van der Waals surface area contributed by atoms with Crippen molar-refractivity contribution in [1.82, 2.24) is 0 Å². The highest BCUT2D eigenvalue weighted by atomic mass is 15.1. The summed E-state index contributed by atoms with van der Waals surface area (Å²) in [6, 6.07) is 8.67. The van der Waals surface area contributed by atoms with E-state index in [1.165, 1.54) is 43.2 Å². The summed E-state index contributed by atoms with van der Waals surface area (Å²) in [6.07, 6.45) is 7.25. The Morgan fingerprint density at radius 2 is 1.65 bits per heavy atom. The van der Waals surface area contributed by atoms with Crippen LogP contribution in [0.4, 0.5) is 0 Å². The predicted molar refractivity (Wildman–Crippen MR) is 72.0 cm³/mol. The monoisotopic (exact) mass is 231 g/mol. The lowest BCUT2D eigenvalue weighted by Gasteiger charge is -2.03. The van der Waals surface area contributed by atoms with E-state index < -0.39 is 0 Å². The molecule has 0 unspecified atom stereocenters. The first-order valence-corrected chi connectivity index (χ1v) is 6.45. The Balaban J connectivity index is 2.31. The molecule has 0 amide bonds. The van der Waals surface area contributed by atoms with E-state index in [1.807, 2.05) is 0 Å². The van der Waals surface area contributed by atoms with Gasteiger partial charge in [-0.15, -0.1) is 0 Å². The lowest BCUT2D eigenvalue weighted by molar-refractivity contribution is 0.667. The smallest absolute Gasteiger partial charge is 0.0298 e. The third-order valence-electron chi connectivity index (χ3n) is 2.91. The van der Waals surface area contributed by atoms with Crippen LogP contribution in [-0.2, 0) is 12.8 Å². The van der Waals surface area contributed by atoms with Crippen LogP contribution in [0.15, 0.2) is 29.4 Å². The molecule has 0 heterocycles. The van der Waals surface area contributed by atoms with Gasteiger partial charge in [0.05, 0.1) is 0 Å². The highest BCUT2D eigenvalue weighted by Gasteiger charge is 1.95. The normalized spacial score (nSPS) is 9.94. The molecule has 3 nitrogen and oxygen atoms in total. The minimum atomic E-state index is 0.548. The van der Waals surface area contributed by atoms with Gasteiger partial charge in [0.1, 0.15) is 0 Å². The van der Waals surface area contributed by atoms with E-state index in [2.05, 4.69) is 41.2 Å². The number of benzene rings is 1. The highest BCUT2D eigenvalue weighted by Crippen LogP contribution is 2.10. The zero-order valence-corrected chi connectivity index (χ0v) is 10.6. The number of azide groups is 1. The molecular formula is C14H21N3. The maximum absolute atomic E-state index is 8.19. The summed E-state index contributed by atoms with van der Waals surface area (Å²) in [5.74, 6) is 0. The third-order valence-corrected chi connectivity index (χ3v) is 2.91. The Bertz CT molecular complexity index is 350. The molecule has 0 spiro atoms. The maximum Gasteiger partial charge on any atom is 0.0298 e. The summed E-state index contributed by atoms with van der Waals surface area (Å²) < 4.78 is 0. The van der Waals surface area contributed by atoms with Crippen LogP contribution in [0.2, 0.25) is 0 Å². The van der Waals surface area contributed by atoms with Crippen LogP contribution < -0.4 is 0 Å². The fourth-order valence-corrected chi connectivity index (χ4v) is 1.85. The summed E-state index contributed by atoms with van der Waals surface area (Å²) in [4.78, 5) is 2.75. The molecule has 1 aromatic carbocycles. The number of aryl methyl sites for hydroxylation is 1. The molecule has 0 aliphatic carbocycles. The van der Waals surface area contributed by atoms with E-state index in [4.69, 9.17) is 5.53 Å². The molecule has 1 rings (SSSR count). The average Bonchev–Trinajstić information content (AvgIpc) is 2.37. The van der Waals surface area contributed by atoms with Crippen LogP contribution in [-0.4, -0.2) is 6.54 Å². The van der Waals surface area contributed by atoms with Gasteiger partial charge in [-0.1, -0.05) is 55.6 Å². The first-order chi connectivity index (χ1) is 8.36. The number of hydrogen-bond acceptors (Lipinski definition) is 1. The molecule has 0 fully saturated rings. The van der Waals surface area contributed by atoms with Crippen LogP contribution in [0.1, 0.15) is 43.7 Å². The van der Waals surface area contributed by atoms with Crippen LogP contribution in [0.25, 0.3) is 10.4 Å². The molecular weight excluding hydrogens is 210 g/mol. The number of rotatable bonds is 8. The maximum atomic E-state index is 8.19. The number of nitrogens with zero attached hydrogens (tertiary/aromatic N) is 3. The minimum Gasteiger partial charge on any atom is -0.0936 e. The highest BCUT2D eigenvalue weighted by molar-refractivity contribution is 5.22. The molecule has 92 valence electrons. The van der Waals surface area contributed by atoms with Crippen molar-refractivity contribution in [3.63, 3.8) is 0 Å². The molecule has 0 bridgehead atoms. The molecule has 0 N–H and O–H groups in total. The van der Waals surface area contributed by atoms with E-state index >= 15 is 0 Å². The van der Waals surface area contributed by atoms with Gasteiger partial charge < -0.3 is 0 Å². The van der Waals surface area contributed by atoms with E-state index in [-0.39, 0.29) is 0 Å². The van der Waals surface area contributed by atoms with Crippen molar-refractivity contribution in [2.75, 3.05) is 6.54 Å². The standard InChI is InChI=1S/C14H21N3/c1-2-3-4-5-6-13-7-9-14(10-8-13)11-12-16-17-15/h7-10H,2-6,11-12H2,1H3. The molecule has 17 heavy (non-hydrogen) atoms. The van der Waals surface area contributed by atoms with Crippen LogP contribution in [0.5, 0.6) is 0 Å². The van der Waals surface area contributed by atoms with Crippen LogP contribution >= 0.6 is 0 Å². The van der Waals surface area contributed by atoms with Crippen LogP contribution in [0.3, 0.4) is 0 Å². The zero-order chi connectivity index (χ0) is 12.3. The van der Waals surface area contributed by atoms with Gasteiger partial charge in [-0.25, -0.2) is 0 Å². The lowest BCUT2D eigenvalue weighted by atomic mass is 10.0. The molecule has 0 radical (unpaired) electrons. The second-order valence-electron chi connectivity index (χ2n) is 4.33. The van der Waals surface area contributed by atoms with Crippen molar-refractivity contribution in [2.24, 2.45) is 5.11 Å². The van der Waals surface area contributed by atoms with Crippen molar-refractivity contribution >= 4 is 0 Å². The van der Waals surface area contributed by atoms with E-state index in [0.29, 0.717) is 6.54 Å². The Morgan fingerprint density at radius 3 is 2.24 bits per heavy atom. The topological polar surface area (TPSA) is 48.8 Å². The van der Waals surface area contributed by atoms with Gasteiger partial charge in [0.2, 0.25) is 0 Å². The average molecular weight is 231 g/mol. The van der Waals surface area contributed by atoms with Gasteiger partial charge in [-0.2, -0.15) is 0 Å². The second kappa shape index (κ2) is 8.66. The number of hydrogen-bond donors (Lipinski definition) is 0. The minimum absolute atomic E-state index is 0.548. The first kappa shape index (κ1) is 13.6. The molecule has 0 aliphatic heterocycles. The second-order valence-corrected chi connectivity index (χ2v) is 4.33. The van der Waals surface area contributed by atoms with E-state index in [1.54, 1.807) is 0 Å². The largest absolute Gasteiger partial charge is 0.0936 e. The Morgan fingerprint density at radius 1 is 1.00 bits per heavy atom. The van der Waals surface area contributed by atoms with Crippen LogP contribution in [0, 0.1) is 0 Å². The number of unbranched alkanes of at least 4 members (excludes halogenated alkanes) is 3. The van der Waals surface area contributed by atoms with Gasteiger partial charge >= 0.3 is 0 Å². The quantitative estimate of drug-likeness (QED) is 0.270. The zero-order valence-electron chi connectivity index (χ0n) is 10.6. The SMILES string of the molecule is CCCCCCc1ccc(CCN=[N+]=[N-])cc1. The molecule has 0 atom stereocenters. The summed E-state index contributed by atoms with van der Waals surface area (Å²) >= 11 is 0. The summed E-state index contributed by atoms with van der Waals surface area (Å²) in [5.41, 5.74) is 10.8. The van der Waals surface area contributed by atoms with E-state index in [9.17, 15) is 0 Å². The van der Waals surface area contributed by atoms with Crippen molar-refractivity contribution in [3.8, 4) is 0 Å². The Hall–Kier alpha value is -1.47. The molecule has 0 saturated carbocycles. The third kappa shape index (κ3) is 5.98. The van der Waals surface area contributed by atoms with Gasteiger partial charge in [0.25, 0.3) is 0 Å². The fraction of sp³-hybridized carbons (Fsp3) is 0.571. The molecule has 0 aromatic heterocycles. The molecule has 0 aliphatic rings. The first-order valence-electron chi connectivity index (χ1n) is 6.45. The van der Waals surface area contributed by atoms with Crippen molar-refractivity contribution in [1.29, 1.82) is 0 Å². The summed E-state index contributed by atoms with van der Waals surface area (Å²) in [5, 5.41) is 3.54. The Labute approximate surface area is 103 Å². The molecule has 1 aromatic rings. The lowest BCUT2D eigenvalue weighted by Crippen LogP contribution is -1.90. The fourth-order valence-electron chi connectivity index (χ4n) is 1.85. The van der Waals surface area contributed by atoms with Gasteiger partial charge in [-0.05, 0) is 35.9 Å². The van der Waals surface area contributed by atoms with Crippen molar-refractivity contribution in [3.05, 3.63) is 45.8 Å². The van der Waals surface area contributed by atoms with Gasteiger partial charge in [0.15, 0.2) is 0 Å². The van der Waals surface area contributed by atoms with Crippen molar-refractivity contribution < 1.29 is 0 Å². The molecule has 0 saturated heterocycles. The molecule has 3 heteroatoms. The van der Waals surface area contributed by atoms with Gasteiger partial charge in [0, 0.05) is 11.5 Å².